The van der Waals surface area contributed by atoms with Crippen LogP contribution in [0.3, 0.4) is 0 Å². The smallest absolute Gasteiger partial charge is 0.315 e. The molecule has 0 spiro atoms. The summed E-state index contributed by atoms with van der Waals surface area (Å²) in [5, 5.41) is 12.2. The molecular formula is C20H25F2N5O2S. The van der Waals surface area contributed by atoms with Gasteiger partial charge in [0.2, 0.25) is 5.13 Å². The number of pyridine rings is 1. The van der Waals surface area contributed by atoms with Crippen LogP contribution in [-0.2, 0) is 10.2 Å². The van der Waals surface area contributed by atoms with E-state index in [0.717, 1.165) is 10.7 Å². The highest BCUT2D eigenvalue weighted by Gasteiger charge is 2.31. The number of halogens is 2. The Morgan fingerprint density at radius 3 is 2.43 bits per heavy atom. The van der Waals surface area contributed by atoms with Crippen molar-refractivity contribution in [2.75, 3.05) is 18.4 Å². The van der Waals surface area contributed by atoms with Crippen molar-refractivity contribution in [2.24, 2.45) is 0 Å². The molecule has 1 fully saturated rings. The Bertz CT molecular complexity index is 934. The van der Waals surface area contributed by atoms with Gasteiger partial charge in [0.05, 0.1) is 11.3 Å². The predicted octanol–water partition coefficient (Wildman–Crippen LogP) is 3.76. The van der Waals surface area contributed by atoms with Crippen molar-refractivity contribution in [3.63, 3.8) is 0 Å². The molecule has 2 amide bonds. The van der Waals surface area contributed by atoms with Crippen LogP contribution in [0.2, 0.25) is 0 Å². The minimum Gasteiger partial charge on any atom is -0.338 e. The van der Waals surface area contributed by atoms with Crippen molar-refractivity contribution < 1.29 is 18.4 Å². The van der Waals surface area contributed by atoms with E-state index in [0.29, 0.717) is 29.2 Å². The van der Waals surface area contributed by atoms with Crippen LogP contribution >= 0.6 is 11.3 Å². The highest BCUT2D eigenvalue weighted by molar-refractivity contribution is 7.15. The Kier molecular flexibility index (Phi) is 6.44. The normalized spacial score (nSPS) is 15.5. The molecule has 3 rings (SSSR count). The second-order valence-electron chi connectivity index (χ2n) is 8.40. The summed E-state index contributed by atoms with van der Waals surface area (Å²) in [6.45, 7) is 8.33. The zero-order chi connectivity index (χ0) is 22.1. The standard InChI is InChI=1S/C20H25F2N5O2S/c1-11-5-6-13(16(28)24-19-26-25-18(30-19)20(2,3)4)14(23-11)12-7-9-27(10-8-12)17(29)15(21)22/h5-6,12,15H,7-10H2,1-4H3,(H,24,26,28). The molecule has 162 valence electrons. The fourth-order valence-corrected chi connectivity index (χ4v) is 4.13. The number of anilines is 1. The molecule has 0 aliphatic carbocycles. The number of rotatable bonds is 4. The maximum Gasteiger partial charge on any atom is 0.315 e. The third kappa shape index (κ3) is 4.97. The number of alkyl halides is 2. The molecule has 1 N–H and O–H groups in total. The highest BCUT2D eigenvalue weighted by Crippen LogP contribution is 2.31. The molecule has 0 saturated carbocycles. The molecular weight excluding hydrogens is 412 g/mol. The van der Waals surface area contributed by atoms with Gasteiger partial charge in [-0.25, -0.2) is 0 Å². The van der Waals surface area contributed by atoms with Gasteiger partial charge in [-0.1, -0.05) is 32.1 Å². The van der Waals surface area contributed by atoms with Gasteiger partial charge < -0.3 is 4.90 Å². The molecule has 30 heavy (non-hydrogen) atoms. The van der Waals surface area contributed by atoms with Crippen molar-refractivity contribution in [2.45, 2.75) is 58.3 Å². The summed E-state index contributed by atoms with van der Waals surface area (Å²) in [5.74, 6) is -1.57. The molecule has 1 saturated heterocycles. The summed E-state index contributed by atoms with van der Waals surface area (Å²) in [6.07, 6.45) is -2.05. The summed E-state index contributed by atoms with van der Waals surface area (Å²) in [6, 6.07) is 3.48. The van der Waals surface area contributed by atoms with Crippen LogP contribution in [0, 0.1) is 6.92 Å². The van der Waals surface area contributed by atoms with Crippen LogP contribution in [-0.4, -0.2) is 51.4 Å². The Balaban J connectivity index is 1.76. The number of nitrogens with one attached hydrogen (secondary N) is 1. The molecule has 2 aromatic heterocycles. The highest BCUT2D eigenvalue weighted by atomic mass is 32.1. The fourth-order valence-electron chi connectivity index (χ4n) is 3.33. The summed E-state index contributed by atoms with van der Waals surface area (Å²) < 4.78 is 25.3. The van der Waals surface area contributed by atoms with E-state index < -0.39 is 12.3 Å². The summed E-state index contributed by atoms with van der Waals surface area (Å²) in [4.78, 5) is 30.2. The average Bonchev–Trinajstić information content (AvgIpc) is 3.16. The maximum atomic E-state index is 12.9. The van der Waals surface area contributed by atoms with Crippen LogP contribution in [0.5, 0.6) is 0 Å². The van der Waals surface area contributed by atoms with Crippen LogP contribution < -0.4 is 5.32 Å². The third-order valence-electron chi connectivity index (χ3n) is 4.98. The number of nitrogens with zero attached hydrogens (tertiary/aromatic N) is 4. The van der Waals surface area contributed by atoms with Gasteiger partial charge in [0.1, 0.15) is 5.01 Å². The van der Waals surface area contributed by atoms with Gasteiger partial charge in [0.15, 0.2) is 0 Å². The Labute approximate surface area is 177 Å². The Hall–Kier alpha value is -2.49. The largest absolute Gasteiger partial charge is 0.338 e. The minimum absolute atomic E-state index is 0.0908. The third-order valence-corrected chi connectivity index (χ3v) is 6.24. The summed E-state index contributed by atoms with van der Waals surface area (Å²) in [5.41, 5.74) is 1.64. The molecule has 0 aromatic carbocycles. The van der Waals surface area contributed by atoms with Gasteiger partial charge in [0.25, 0.3) is 11.8 Å². The van der Waals surface area contributed by atoms with Gasteiger partial charge in [-0.2, -0.15) is 8.78 Å². The van der Waals surface area contributed by atoms with Crippen LogP contribution in [0.4, 0.5) is 13.9 Å². The van der Waals surface area contributed by atoms with Gasteiger partial charge in [-0.15, -0.1) is 10.2 Å². The van der Waals surface area contributed by atoms with Gasteiger partial charge in [0, 0.05) is 30.1 Å². The number of hydrogen-bond acceptors (Lipinski definition) is 6. The molecule has 2 aromatic rings. The lowest BCUT2D eigenvalue weighted by atomic mass is 9.90. The molecule has 3 heterocycles. The van der Waals surface area contributed by atoms with Crippen molar-refractivity contribution in [1.82, 2.24) is 20.1 Å². The number of carbonyl (C=O) groups excluding carboxylic acids is 2. The molecule has 1 aliphatic rings. The van der Waals surface area contributed by atoms with Gasteiger partial charge in [-0.3, -0.25) is 19.9 Å². The number of aryl methyl sites for hydroxylation is 1. The zero-order valence-corrected chi connectivity index (χ0v) is 18.2. The molecule has 7 nitrogen and oxygen atoms in total. The van der Waals surface area contributed by atoms with Crippen molar-refractivity contribution in [1.29, 1.82) is 0 Å². The number of likely N-dealkylation sites (tertiary alicyclic amines) is 1. The predicted molar refractivity (Wildman–Crippen MR) is 110 cm³/mol. The van der Waals surface area contributed by atoms with Crippen LogP contribution in [0.25, 0.3) is 0 Å². The first-order valence-corrected chi connectivity index (χ1v) is 10.6. The second kappa shape index (κ2) is 8.71. The lowest BCUT2D eigenvalue weighted by Gasteiger charge is -2.32. The quantitative estimate of drug-likeness (QED) is 0.787. The fraction of sp³-hybridized carbons (Fsp3) is 0.550. The number of hydrogen-bond donors (Lipinski definition) is 1. The van der Waals surface area contributed by atoms with Crippen LogP contribution in [0.1, 0.15) is 66.3 Å². The zero-order valence-electron chi connectivity index (χ0n) is 17.4. The SMILES string of the molecule is Cc1ccc(C(=O)Nc2nnc(C(C)(C)C)s2)c(C2CCN(C(=O)C(F)F)CC2)n1. The molecule has 0 bridgehead atoms. The van der Waals surface area contributed by atoms with E-state index in [-0.39, 0.29) is 30.3 Å². The summed E-state index contributed by atoms with van der Waals surface area (Å²) in [7, 11) is 0. The van der Waals surface area contributed by atoms with Crippen molar-refractivity contribution in [3.8, 4) is 0 Å². The lowest BCUT2D eigenvalue weighted by Crippen LogP contribution is -2.41. The van der Waals surface area contributed by atoms with Gasteiger partial charge in [-0.05, 0) is 31.9 Å². The van der Waals surface area contributed by atoms with Crippen molar-refractivity contribution >= 4 is 28.3 Å². The average molecular weight is 438 g/mol. The first-order chi connectivity index (χ1) is 14.1. The first kappa shape index (κ1) is 22.2. The first-order valence-electron chi connectivity index (χ1n) is 9.76. The van der Waals surface area contributed by atoms with E-state index in [1.807, 2.05) is 27.7 Å². The monoisotopic (exact) mass is 437 g/mol. The molecule has 0 atom stereocenters. The van der Waals surface area contributed by atoms with Crippen molar-refractivity contribution in [3.05, 3.63) is 34.1 Å². The minimum atomic E-state index is -3.00. The maximum absolute atomic E-state index is 12.9. The number of aromatic nitrogens is 3. The van der Waals surface area contributed by atoms with Gasteiger partial charge >= 0.3 is 6.43 Å². The Morgan fingerprint density at radius 2 is 1.87 bits per heavy atom. The van der Waals surface area contributed by atoms with E-state index in [2.05, 4.69) is 20.5 Å². The van der Waals surface area contributed by atoms with E-state index in [1.54, 1.807) is 12.1 Å². The molecule has 0 radical (unpaired) electrons. The van der Waals surface area contributed by atoms with E-state index in [4.69, 9.17) is 0 Å². The molecule has 1 aliphatic heterocycles. The lowest BCUT2D eigenvalue weighted by molar-refractivity contribution is -0.143. The second-order valence-corrected chi connectivity index (χ2v) is 9.38. The summed E-state index contributed by atoms with van der Waals surface area (Å²) >= 11 is 1.32. The Morgan fingerprint density at radius 1 is 1.20 bits per heavy atom. The van der Waals surface area contributed by atoms with Crippen LogP contribution in [0.15, 0.2) is 12.1 Å². The number of carbonyl (C=O) groups is 2. The number of amides is 2. The van der Waals surface area contributed by atoms with E-state index in [9.17, 15) is 18.4 Å². The van der Waals surface area contributed by atoms with E-state index in [1.165, 1.54) is 16.2 Å². The van der Waals surface area contributed by atoms with E-state index >= 15 is 0 Å². The topological polar surface area (TPSA) is 88.1 Å². The molecule has 0 unspecified atom stereocenters. The molecule has 10 heteroatoms. The number of piperidine rings is 1.